The second kappa shape index (κ2) is 4.75. The number of ether oxygens (including phenoxy) is 1. The molecule has 0 aromatic rings. The quantitative estimate of drug-likeness (QED) is 0.598. The van der Waals surface area contributed by atoms with E-state index in [0.29, 0.717) is 13.0 Å². The lowest BCUT2D eigenvalue weighted by molar-refractivity contribution is -0.139. The van der Waals surface area contributed by atoms with Gasteiger partial charge in [0, 0.05) is 5.57 Å². The molecular formula is C10H13O2. The smallest absolute Gasteiger partial charge is 0.334 e. The zero-order valence-corrected chi connectivity index (χ0v) is 7.08. The van der Waals surface area contributed by atoms with Crippen LogP contribution in [-0.2, 0) is 9.53 Å². The molecule has 0 aliphatic heterocycles. The zero-order valence-electron chi connectivity index (χ0n) is 7.08. The highest BCUT2D eigenvalue weighted by molar-refractivity contribution is 5.89. The van der Waals surface area contributed by atoms with E-state index in [2.05, 4.69) is 6.92 Å². The summed E-state index contributed by atoms with van der Waals surface area (Å²) in [4.78, 5) is 11.2. The molecule has 1 rings (SSSR count). The lowest BCUT2D eigenvalue weighted by Crippen LogP contribution is -2.09. The van der Waals surface area contributed by atoms with E-state index in [1.54, 1.807) is 0 Å². The minimum Gasteiger partial charge on any atom is -0.462 e. The van der Waals surface area contributed by atoms with Crippen LogP contribution in [0.3, 0.4) is 0 Å². The molecule has 1 radical (unpaired) electrons. The average molecular weight is 165 g/mol. The first-order valence-corrected chi connectivity index (χ1v) is 4.16. The van der Waals surface area contributed by atoms with Gasteiger partial charge in [-0.1, -0.05) is 18.2 Å². The molecule has 0 amide bonds. The first kappa shape index (κ1) is 9.04. The fraction of sp³-hybridized carbons (Fsp3) is 0.400. The van der Waals surface area contributed by atoms with E-state index in [4.69, 9.17) is 4.74 Å². The molecule has 0 N–H and O–H groups in total. The molecular weight excluding hydrogens is 152 g/mol. The number of allylic oxidation sites excluding steroid dienone is 3. The summed E-state index contributed by atoms with van der Waals surface area (Å²) in [6, 6.07) is 0. The van der Waals surface area contributed by atoms with Gasteiger partial charge in [-0.05, 0) is 26.2 Å². The number of carbonyl (C=O) groups excluding carboxylic acids is 1. The van der Waals surface area contributed by atoms with Crippen LogP contribution >= 0.6 is 0 Å². The van der Waals surface area contributed by atoms with Crippen LogP contribution in [0.25, 0.3) is 0 Å². The molecule has 2 nitrogen and oxygen atoms in total. The summed E-state index contributed by atoms with van der Waals surface area (Å²) in [6.07, 6.45) is 8.12. The molecule has 0 saturated heterocycles. The van der Waals surface area contributed by atoms with Crippen molar-refractivity contribution in [1.82, 2.24) is 0 Å². The van der Waals surface area contributed by atoms with E-state index in [9.17, 15) is 4.79 Å². The maximum atomic E-state index is 11.2. The van der Waals surface area contributed by atoms with Gasteiger partial charge in [-0.2, -0.15) is 0 Å². The molecule has 0 aromatic carbocycles. The van der Waals surface area contributed by atoms with Crippen molar-refractivity contribution in [3.05, 3.63) is 30.7 Å². The lowest BCUT2D eigenvalue weighted by Gasteiger charge is -2.07. The van der Waals surface area contributed by atoms with Crippen LogP contribution in [0.4, 0.5) is 0 Å². The van der Waals surface area contributed by atoms with Crippen molar-refractivity contribution in [1.29, 1.82) is 0 Å². The first-order chi connectivity index (χ1) is 5.84. The van der Waals surface area contributed by atoms with E-state index in [0.717, 1.165) is 18.4 Å². The van der Waals surface area contributed by atoms with Gasteiger partial charge < -0.3 is 4.74 Å². The summed E-state index contributed by atoms with van der Waals surface area (Å²) in [7, 11) is 0. The zero-order chi connectivity index (χ0) is 8.81. The molecule has 0 aromatic heterocycles. The van der Waals surface area contributed by atoms with Crippen LogP contribution in [-0.4, -0.2) is 12.6 Å². The van der Waals surface area contributed by atoms with Gasteiger partial charge in [0.2, 0.25) is 0 Å². The molecule has 65 valence electrons. The summed E-state index contributed by atoms with van der Waals surface area (Å²) < 4.78 is 4.93. The number of hydrogen-bond donors (Lipinski definition) is 0. The molecule has 2 heteroatoms. The van der Waals surface area contributed by atoms with Crippen molar-refractivity contribution in [2.75, 3.05) is 6.61 Å². The Bertz CT molecular complexity index is 214. The first-order valence-electron chi connectivity index (χ1n) is 4.16. The van der Waals surface area contributed by atoms with Gasteiger partial charge in [0.25, 0.3) is 0 Å². The van der Waals surface area contributed by atoms with Gasteiger partial charge >= 0.3 is 5.97 Å². The van der Waals surface area contributed by atoms with Gasteiger partial charge in [-0.15, -0.1) is 0 Å². The largest absolute Gasteiger partial charge is 0.462 e. The Morgan fingerprint density at radius 1 is 1.67 bits per heavy atom. The van der Waals surface area contributed by atoms with Crippen LogP contribution in [0.15, 0.2) is 23.8 Å². The number of rotatable bonds is 3. The van der Waals surface area contributed by atoms with Crippen molar-refractivity contribution in [2.45, 2.75) is 19.3 Å². The highest BCUT2D eigenvalue weighted by Gasteiger charge is 2.10. The fourth-order valence-corrected chi connectivity index (χ4v) is 1.03. The second-order valence-electron chi connectivity index (χ2n) is 2.65. The van der Waals surface area contributed by atoms with Gasteiger partial charge in [-0.25, -0.2) is 4.79 Å². The third-order valence-electron chi connectivity index (χ3n) is 1.65. The Balaban J connectivity index is 2.40. The normalized spacial score (nSPS) is 15.6. The van der Waals surface area contributed by atoms with Gasteiger partial charge in [-0.3, -0.25) is 0 Å². The third-order valence-corrected chi connectivity index (χ3v) is 1.65. The molecule has 0 atom stereocenters. The number of hydrogen-bond acceptors (Lipinski definition) is 2. The van der Waals surface area contributed by atoms with E-state index in [1.807, 2.05) is 18.2 Å². The Labute approximate surface area is 72.9 Å². The van der Waals surface area contributed by atoms with Crippen molar-refractivity contribution < 1.29 is 9.53 Å². The van der Waals surface area contributed by atoms with Crippen molar-refractivity contribution in [2.24, 2.45) is 0 Å². The SMILES string of the molecule is [CH2]CCOC(=O)C1=CC=CCC1. The van der Waals surface area contributed by atoms with Crippen LogP contribution in [0, 0.1) is 6.92 Å². The predicted molar refractivity (Wildman–Crippen MR) is 47.4 cm³/mol. The monoisotopic (exact) mass is 165 g/mol. The lowest BCUT2D eigenvalue weighted by atomic mass is 10.1. The molecule has 0 unspecified atom stereocenters. The summed E-state index contributed by atoms with van der Waals surface area (Å²) in [5, 5.41) is 0. The molecule has 12 heavy (non-hydrogen) atoms. The highest BCUT2D eigenvalue weighted by atomic mass is 16.5. The Hall–Kier alpha value is -1.05. The summed E-state index contributed by atoms with van der Waals surface area (Å²) >= 11 is 0. The van der Waals surface area contributed by atoms with E-state index < -0.39 is 0 Å². The van der Waals surface area contributed by atoms with Gasteiger partial charge in [0.1, 0.15) is 0 Å². The van der Waals surface area contributed by atoms with Crippen molar-refractivity contribution >= 4 is 5.97 Å². The van der Waals surface area contributed by atoms with E-state index in [-0.39, 0.29) is 5.97 Å². The molecule has 0 fully saturated rings. The molecule has 0 spiro atoms. The Kier molecular flexibility index (Phi) is 3.58. The van der Waals surface area contributed by atoms with Crippen LogP contribution in [0.2, 0.25) is 0 Å². The minimum atomic E-state index is -0.192. The van der Waals surface area contributed by atoms with Crippen molar-refractivity contribution in [3.8, 4) is 0 Å². The van der Waals surface area contributed by atoms with E-state index in [1.165, 1.54) is 0 Å². The fourth-order valence-electron chi connectivity index (χ4n) is 1.03. The summed E-state index contributed by atoms with van der Waals surface area (Å²) in [5.41, 5.74) is 0.769. The van der Waals surface area contributed by atoms with Crippen LogP contribution < -0.4 is 0 Å². The summed E-state index contributed by atoms with van der Waals surface area (Å²) in [5.74, 6) is -0.192. The van der Waals surface area contributed by atoms with Gasteiger partial charge in [0.15, 0.2) is 0 Å². The maximum absolute atomic E-state index is 11.2. The Morgan fingerprint density at radius 3 is 3.08 bits per heavy atom. The molecule has 0 bridgehead atoms. The van der Waals surface area contributed by atoms with Crippen LogP contribution in [0.5, 0.6) is 0 Å². The molecule has 1 aliphatic carbocycles. The highest BCUT2D eigenvalue weighted by Crippen LogP contribution is 2.12. The number of carbonyl (C=O) groups is 1. The van der Waals surface area contributed by atoms with Gasteiger partial charge in [0.05, 0.1) is 6.61 Å². The third kappa shape index (κ3) is 2.53. The molecule has 0 heterocycles. The maximum Gasteiger partial charge on any atom is 0.334 e. The average Bonchev–Trinajstić information content (AvgIpc) is 2.15. The van der Waals surface area contributed by atoms with Crippen molar-refractivity contribution in [3.63, 3.8) is 0 Å². The second-order valence-corrected chi connectivity index (χ2v) is 2.65. The molecule has 0 saturated carbocycles. The number of esters is 1. The Morgan fingerprint density at radius 2 is 2.50 bits per heavy atom. The summed E-state index contributed by atoms with van der Waals surface area (Å²) in [6.45, 7) is 4.01. The van der Waals surface area contributed by atoms with Crippen LogP contribution in [0.1, 0.15) is 19.3 Å². The standard InChI is InChI=1S/C10H13O2/c1-2-8-12-10(11)9-6-4-3-5-7-9/h3-4,6H,1-2,5,7-8H2. The predicted octanol–water partition coefficient (Wildman–Crippen LogP) is 2.03. The minimum absolute atomic E-state index is 0.192. The van der Waals surface area contributed by atoms with E-state index >= 15 is 0 Å². The molecule has 1 aliphatic rings. The topological polar surface area (TPSA) is 26.3 Å².